The molecule has 4 heteroatoms. The van der Waals surface area contributed by atoms with Gasteiger partial charge in [0.1, 0.15) is 5.60 Å². The van der Waals surface area contributed by atoms with Crippen LogP contribution in [0.15, 0.2) is 18.2 Å². The molecule has 2 rings (SSSR count). The highest BCUT2D eigenvalue weighted by atomic mass is 35.5. The lowest BCUT2D eigenvalue weighted by atomic mass is 9.79. The summed E-state index contributed by atoms with van der Waals surface area (Å²) in [5, 5.41) is 0.969. The second-order valence-electron chi connectivity index (χ2n) is 5.30. The largest absolute Gasteiger partial charge is 0.367 e. The molecule has 1 aromatic carbocycles. The number of Topliss-reactive ketones (excluding diaryl/α,β-unsaturated/α-hetero) is 1. The number of ketones is 1. The van der Waals surface area contributed by atoms with Crippen molar-refractivity contribution in [2.75, 3.05) is 6.61 Å². The van der Waals surface area contributed by atoms with Crippen LogP contribution in [-0.2, 0) is 16.0 Å². The molecular formula is C16H20Cl2O2. The fourth-order valence-electron chi connectivity index (χ4n) is 2.92. The minimum Gasteiger partial charge on any atom is -0.367 e. The zero-order chi connectivity index (χ0) is 14.6. The van der Waals surface area contributed by atoms with E-state index in [9.17, 15) is 4.79 Å². The van der Waals surface area contributed by atoms with E-state index in [0.717, 1.165) is 31.2 Å². The number of carbonyl (C=O) groups is 1. The first-order valence-electron chi connectivity index (χ1n) is 7.19. The molecule has 110 valence electrons. The molecule has 0 saturated heterocycles. The second kappa shape index (κ2) is 6.93. The van der Waals surface area contributed by atoms with Crippen molar-refractivity contribution in [3.05, 3.63) is 33.8 Å². The lowest BCUT2D eigenvalue weighted by Crippen LogP contribution is -2.44. The van der Waals surface area contributed by atoms with Gasteiger partial charge in [0, 0.05) is 13.0 Å². The Morgan fingerprint density at radius 1 is 1.25 bits per heavy atom. The van der Waals surface area contributed by atoms with E-state index >= 15 is 0 Å². The van der Waals surface area contributed by atoms with Gasteiger partial charge >= 0.3 is 0 Å². The molecule has 0 amide bonds. The maximum absolute atomic E-state index is 12.7. The van der Waals surface area contributed by atoms with E-state index in [0.29, 0.717) is 23.1 Å². The Bertz CT molecular complexity index is 474. The van der Waals surface area contributed by atoms with E-state index < -0.39 is 5.60 Å². The Balaban J connectivity index is 2.18. The van der Waals surface area contributed by atoms with E-state index in [4.69, 9.17) is 27.9 Å². The first-order chi connectivity index (χ1) is 9.59. The predicted octanol–water partition coefficient (Wildman–Crippen LogP) is 4.84. The summed E-state index contributed by atoms with van der Waals surface area (Å²) in [5.74, 6) is 0.128. The summed E-state index contributed by atoms with van der Waals surface area (Å²) in [5.41, 5.74) is 0.173. The summed E-state index contributed by atoms with van der Waals surface area (Å²) in [7, 11) is 0. The van der Waals surface area contributed by atoms with Gasteiger partial charge in [0.25, 0.3) is 0 Å². The molecule has 0 bridgehead atoms. The Kier molecular flexibility index (Phi) is 5.48. The molecule has 1 saturated carbocycles. The summed E-state index contributed by atoms with van der Waals surface area (Å²) in [6.45, 7) is 2.50. The second-order valence-corrected chi connectivity index (χ2v) is 6.09. The van der Waals surface area contributed by atoms with Gasteiger partial charge in [0.15, 0.2) is 5.78 Å². The number of hydrogen-bond donors (Lipinski definition) is 0. The smallest absolute Gasteiger partial charge is 0.169 e. The van der Waals surface area contributed by atoms with Gasteiger partial charge in [-0.05, 0) is 31.4 Å². The quantitative estimate of drug-likeness (QED) is 0.777. The van der Waals surface area contributed by atoms with E-state index in [-0.39, 0.29) is 5.78 Å². The molecule has 1 aliphatic rings. The fraction of sp³-hybridized carbons (Fsp3) is 0.562. The highest BCUT2D eigenvalue weighted by Crippen LogP contribution is 2.35. The molecule has 1 fully saturated rings. The van der Waals surface area contributed by atoms with Gasteiger partial charge in [0.05, 0.1) is 10.0 Å². The molecule has 1 aliphatic carbocycles. The van der Waals surface area contributed by atoms with E-state index in [2.05, 4.69) is 0 Å². The number of benzene rings is 1. The zero-order valence-electron chi connectivity index (χ0n) is 11.8. The lowest BCUT2D eigenvalue weighted by Gasteiger charge is -2.35. The third-order valence-electron chi connectivity index (χ3n) is 3.97. The van der Waals surface area contributed by atoms with Gasteiger partial charge in [0.2, 0.25) is 0 Å². The van der Waals surface area contributed by atoms with Crippen molar-refractivity contribution < 1.29 is 9.53 Å². The van der Waals surface area contributed by atoms with Crippen molar-refractivity contribution in [2.24, 2.45) is 0 Å². The predicted molar refractivity (Wildman–Crippen MR) is 82.6 cm³/mol. The van der Waals surface area contributed by atoms with Crippen molar-refractivity contribution in [2.45, 2.75) is 51.0 Å². The minimum absolute atomic E-state index is 0.128. The number of rotatable bonds is 5. The van der Waals surface area contributed by atoms with Gasteiger partial charge < -0.3 is 4.74 Å². The highest BCUT2D eigenvalue weighted by molar-refractivity contribution is 6.42. The average Bonchev–Trinajstić information content (AvgIpc) is 2.45. The van der Waals surface area contributed by atoms with E-state index in [1.807, 2.05) is 19.1 Å². The van der Waals surface area contributed by atoms with Gasteiger partial charge in [-0.1, -0.05) is 54.6 Å². The highest BCUT2D eigenvalue weighted by Gasteiger charge is 2.39. The molecule has 2 nitrogen and oxygen atoms in total. The number of hydrogen-bond acceptors (Lipinski definition) is 2. The van der Waals surface area contributed by atoms with Crippen LogP contribution in [0.25, 0.3) is 0 Å². The normalized spacial score (nSPS) is 17.9. The maximum atomic E-state index is 12.7. The van der Waals surface area contributed by atoms with Gasteiger partial charge in [-0.25, -0.2) is 0 Å². The van der Waals surface area contributed by atoms with E-state index in [1.54, 1.807) is 6.07 Å². The minimum atomic E-state index is -0.612. The van der Waals surface area contributed by atoms with Gasteiger partial charge in [-0.3, -0.25) is 4.79 Å². The topological polar surface area (TPSA) is 26.3 Å². The van der Waals surface area contributed by atoms with Crippen LogP contribution in [0.5, 0.6) is 0 Å². The lowest BCUT2D eigenvalue weighted by molar-refractivity contribution is -0.148. The summed E-state index contributed by atoms with van der Waals surface area (Å²) in [4.78, 5) is 12.7. The van der Waals surface area contributed by atoms with E-state index in [1.165, 1.54) is 6.42 Å². The molecule has 1 aromatic rings. The van der Waals surface area contributed by atoms with Crippen LogP contribution in [0, 0.1) is 0 Å². The van der Waals surface area contributed by atoms with Crippen molar-refractivity contribution in [1.82, 2.24) is 0 Å². The van der Waals surface area contributed by atoms with Crippen LogP contribution in [0.4, 0.5) is 0 Å². The molecule has 0 aromatic heterocycles. The third kappa shape index (κ3) is 3.36. The summed E-state index contributed by atoms with van der Waals surface area (Å²) in [6.07, 6.45) is 5.21. The number of ether oxygens (including phenoxy) is 1. The first-order valence-corrected chi connectivity index (χ1v) is 7.95. The van der Waals surface area contributed by atoms with Gasteiger partial charge in [-0.15, -0.1) is 0 Å². The molecular weight excluding hydrogens is 295 g/mol. The van der Waals surface area contributed by atoms with Crippen molar-refractivity contribution in [1.29, 1.82) is 0 Å². The molecule has 0 heterocycles. The average molecular weight is 315 g/mol. The number of carbonyl (C=O) groups excluding carboxylic acids is 1. The zero-order valence-corrected chi connectivity index (χ0v) is 13.3. The number of halogens is 2. The maximum Gasteiger partial charge on any atom is 0.169 e. The summed E-state index contributed by atoms with van der Waals surface area (Å²) >= 11 is 12.2. The van der Waals surface area contributed by atoms with Crippen LogP contribution >= 0.6 is 23.2 Å². The Morgan fingerprint density at radius 2 is 1.95 bits per heavy atom. The van der Waals surface area contributed by atoms with Crippen LogP contribution in [0.1, 0.15) is 44.6 Å². The van der Waals surface area contributed by atoms with Crippen LogP contribution in [0.2, 0.25) is 10.0 Å². The molecule has 0 aliphatic heterocycles. The standard InChI is InChI=1S/C16H20Cl2O2/c1-2-20-16(9-4-3-5-10-16)14(19)11-12-7-6-8-13(17)15(12)18/h6-8H,2-5,9-11H2,1H3. The SMILES string of the molecule is CCOC1(C(=O)Cc2cccc(Cl)c2Cl)CCCCC1. The Hall–Kier alpha value is -0.570. The molecule has 0 radical (unpaired) electrons. The van der Waals surface area contributed by atoms with Crippen LogP contribution < -0.4 is 0 Å². The monoisotopic (exact) mass is 314 g/mol. The van der Waals surface area contributed by atoms with Crippen molar-refractivity contribution in [3.63, 3.8) is 0 Å². The summed E-state index contributed by atoms with van der Waals surface area (Å²) in [6, 6.07) is 5.41. The van der Waals surface area contributed by atoms with Crippen molar-refractivity contribution in [3.8, 4) is 0 Å². The molecule has 20 heavy (non-hydrogen) atoms. The van der Waals surface area contributed by atoms with Crippen molar-refractivity contribution >= 4 is 29.0 Å². The fourth-order valence-corrected chi connectivity index (χ4v) is 3.31. The van der Waals surface area contributed by atoms with Gasteiger partial charge in [-0.2, -0.15) is 0 Å². The molecule has 0 spiro atoms. The van der Waals surface area contributed by atoms with Crippen LogP contribution in [-0.4, -0.2) is 18.0 Å². The molecule has 0 atom stereocenters. The third-order valence-corrected chi connectivity index (χ3v) is 4.83. The first kappa shape index (κ1) is 15.8. The Morgan fingerprint density at radius 3 is 2.60 bits per heavy atom. The molecule has 0 N–H and O–H groups in total. The Labute approximate surface area is 130 Å². The van der Waals surface area contributed by atoms with Crippen LogP contribution in [0.3, 0.4) is 0 Å². The molecule has 0 unspecified atom stereocenters. The summed E-state index contributed by atoms with van der Waals surface area (Å²) < 4.78 is 5.85.